The lowest BCUT2D eigenvalue weighted by molar-refractivity contribution is 0.219. The van der Waals surface area contributed by atoms with E-state index in [9.17, 15) is 0 Å². The van der Waals surface area contributed by atoms with Crippen LogP contribution in [0.1, 0.15) is 20.3 Å². The fourth-order valence-electron chi connectivity index (χ4n) is 0.934. The van der Waals surface area contributed by atoms with Crippen molar-refractivity contribution in [1.29, 1.82) is 0 Å². The topological polar surface area (TPSA) is 35.2 Å². The average molecular weight is 200 g/mol. The number of halogens is 1. The van der Waals surface area contributed by atoms with Crippen molar-refractivity contribution in [1.82, 2.24) is 0 Å². The van der Waals surface area contributed by atoms with Gasteiger partial charge in [0, 0.05) is 0 Å². The molecule has 0 aromatic heterocycles. The number of hydrogen-bond acceptors (Lipinski definition) is 2. The molecule has 0 aliphatic heterocycles. The Kier molecular flexibility index (Phi) is 3.43. The lowest BCUT2D eigenvalue weighted by Crippen LogP contribution is -2.11. The van der Waals surface area contributed by atoms with Crippen LogP contribution in [0.15, 0.2) is 18.2 Å². The summed E-state index contributed by atoms with van der Waals surface area (Å²) in [7, 11) is 0. The molecule has 0 bridgehead atoms. The molecule has 0 fully saturated rings. The van der Waals surface area contributed by atoms with Crippen molar-refractivity contribution < 1.29 is 4.74 Å². The molecule has 3 heteroatoms. The molecule has 0 heterocycles. The van der Waals surface area contributed by atoms with Crippen LogP contribution in [0.2, 0.25) is 5.02 Å². The normalized spacial score (nSPS) is 12.5. The molecule has 0 radical (unpaired) electrons. The Morgan fingerprint density at radius 1 is 1.54 bits per heavy atom. The van der Waals surface area contributed by atoms with E-state index < -0.39 is 0 Å². The molecule has 1 aromatic carbocycles. The van der Waals surface area contributed by atoms with E-state index in [0.29, 0.717) is 16.5 Å². The highest BCUT2D eigenvalue weighted by molar-refractivity contribution is 6.32. The predicted octanol–water partition coefficient (Wildman–Crippen LogP) is 3.10. The zero-order valence-electron chi connectivity index (χ0n) is 7.88. The zero-order chi connectivity index (χ0) is 9.84. The molecule has 0 unspecified atom stereocenters. The van der Waals surface area contributed by atoms with Crippen LogP contribution >= 0.6 is 11.6 Å². The second-order valence-corrected chi connectivity index (χ2v) is 3.40. The summed E-state index contributed by atoms with van der Waals surface area (Å²) in [6.45, 7) is 4.04. The van der Waals surface area contributed by atoms with E-state index in [1.807, 2.05) is 6.92 Å². The monoisotopic (exact) mass is 199 g/mol. The number of nitrogens with two attached hydrogens (primary N) is 1. The van der Waals surface area contributed by atoms with Crippen molar-refractivity contribution in [2.75, 3.05) is 5.73 Å². The van der Waals surface area contributed by atoms with E-state index >= 15 is 0 Å². The fraction of sp³-hybridized carbons (Fsp3) is 0.400. The Morgan fingerprint density at radius 2 is 2.23 bits per heavy atom. The molecule has 0 saturated heterocycles. The van der Waals surface area contributed by atoms with Crippen molar-refractivity contribution in [3.63, 3.8) is 0 Å². The van der Waals surface area contributed by atoms with E-state index in [1.165, 1.54) is 0 Å². The van der Waals surface area contributed by atoms with Crippen molar-refractivity contribution in [3.8, 4) is 5.75 Å². The molecule has 72 valence electrons. The molecule has 0 spiro atoms. The molecule has 1 rings (SSSR count). The Hall–Kier alpha value is -0.890. The van der Waals surface area contributed by atoms with Gasteiger partial charge in [-0.2, -0.15) is 0 Å². The minimum Gasteiger partial charge on any atom is -0.487 e. The van der Waals surface area contributed by atoms with Gasteiger partial charge in [0.15, 0.2) is 5.75 Å². The number of benzene rings is 1. The first-order chi connectivity index (χ1) is 6.15. The van der Waals surface area contributed by atoms with E-state index in [1.54, 1.807) is 18.2 Å². The summed E-state index contributed by atoms with van der Waals surface area (Å²) in [6.07, 6.45) is 1.08. The zero-order valence-corrected chi connectivity index (χ0v) is 8.64. The summed E-state index contributed by atoms with van der Waals surface area (Å²) in [4.78, 5) is 0. The van der Waals surface area contributed by atoms with Crippen LogP contribution < -0.4 is 10.5 Å². The summed E-state index contributed by atoms with van der Waals surface area (Å²) in [5, 5.41) is 0.570. The highest BCUT2D eigenvalue weighted by atomic mass is 35.5. The first kappa shape index (κ1) is 10.2. The summed E-state index contributed by atoms with van der Waals surface area (Å²) in [6, 6.07) is 5.36. The van der Waals surface area contributed by atoms with Crippen molar-refractivity contribution in [3.05, 3.63) is 23.2 Å². The van der Waals surface area contributed by atoms with Gasteiger partial charge in [0.1, 0.15) is 0 Å². The first-order valence-electron chi connectivity index (χ1n) is 4.35. The van der Waals surface area contributed by atoms with Crippen LogP contribution in [0, 0.1) is 0 Å². The first-order valence-corrected chi connectivity index (χ1v) is 4.73. The van der Waals surface area contributed by atoms with Gasteiger partial charge in [-0.3, -0.25) is 0 Å². The largest absolute Gasteiger partial charge is 0.487 e. The van der Waals surface area contributed by atoms with Crippen LogP contribution in [-0.2, 0) is 0 Å². The number of ether oxygens (including phenoxy) is 1. The predicted molar refractivity (Wildman–Crippen MR) is 56.2 cm³/mol. The van der Waals surface area contributed by atoms with Crippen molar-refractivity contribution >= 4 is 17.3 Å². The lowest BCUT2D eigenvalue weighted by atomic mass is 10.2. The van der Waals surface area contributed by atoms with Gasteiger partial charge in [-0.15, -0.1) is 0 Å². The molecule has 1 atom stereocenters. The SMILES string of the molecule is CC[C@@H](C)Oc1c(N)cccc1Cl. The molecular formula is C10H14ClNO. The van der Waals surface area contributed by atoms with Crippen LogP contribution in [0.25, 0.3) is 0 Å². The summed E-state index contributed by atoms with van der Waals surface area (Å²) in [5.41, 5.74) is 6.31. The highest BCUT2D eigenvalue weighted by Crippen LogP contribution is 2.31. The Balaban J connectivity index is 2.87. The number of rotatable bonds is 3. The molecule has 13 heavy (non-hydrogen) atoms. The van der Waals surface area contributed by atoms with E-state index in [0.717, 1.165) is 6.42 Å². The summed E-state index contributed by atoms with van der Waals surface area (Å²) < 4.78 is 5.57. The molecule has 1 aromatic rings. The van der Waals surface area contributed by atoms with Gasteiger partial charge < -0.3 is 10.5 Å². The maximum absolute atomic E-state index is 5.93. The number of anilines is 1. The van der Waals surface area contributed by atoms with Crippen molar-refractivity contribution in [2.24, 2.45) is 0 Å². The Morgan fingerprint density at radius 3 is 2.77 bits per heavy atom. The molecule has 0 aliphatic carbocycles. The quantitative estimate of drug-likeness (QED) is 0.760. The van der Waals surface area contributed by atoms with Gasteiger partial charge in [0.05, 0.1) is 16.8 Å². The van der Waals surface area contributed by atoms with Crippen LogP contribution in [-0.4, -0.2) is 6.10 Å². The molecule has 0 amide bonds. The number of hydrogen-bond donors (Lipinski definition) is 1. The second-order valence-electron chi connectivity index (χ2n) is 2.99. The number of para-hydroxylation sites is 1. The third-order valence-electron chi connectivity index (χ3n) is 1.89. The minimum absolute atomic E-state index is 0.141. The average Bonchev–Trinajstić information content (AvgIpc) is 2.11. The smallest absolute Gasteiger partial charge is 0.161 e. The third kappa shape index (κ3) is 2.52. The number of nitrogen functional groups attached to an aromatic ring is 1. The van der Waals surface area contributed by atoms with Crippen LogP contribution in [0.4, 0.5) is 5.69 Å². The summed E-state index contributed by atoms with van der Waals surface area (Å²) in [5.74, 6) is 0.596. The Bertz CT molecular complexity index is 268. The maximum Gasteiger partial charge on any atom is 0.161 e. The summed E-state index contributed by atoms with van der Waals surface area (Å²) >= 11 is 5.93. The fourth-order valence-corrected chi connectivity index (χ4v) is 1.16. The van der Waals surface area contributed by atoms with Gasteiger partial charge in [0.25, 0.3) is 0 Å². The molecule has 0 saturated carbocycles. The van der Waals surface area contributed by atoms with Crippen molar-refractivity contribution in [2.45, 2.75) is 26.4 Å². The molecular weight excluding hydrogens is 186 g/mol. The van der Waals surface area contributed by atoms with E-state index in [2.05, 4.69) is 6.92 Å². The van der Waals surface area contributed by atoms with Gasteiger partial charge in [-0.25, -0.2) is 0 Å². The van der Waals surface area contributed by atoms with Gasteiger partial charge in [-0.05, 0) is 25.5 Å². The lowest BCUT2D eigenvalue weighted by Gasteiger charge is -2.15. The van der Waals surface area contributed by atoms with Crippen LogP contribution in [0.5, 0.6) is 5.75 Å². The second kappa shape index (κ2) is 4.38. The molecule has 2 N–H and O–H groups in total. The standard InChI is InChI=1S/C10H14ClNO/c1-3-7(2)13-10-8(11)5-4-6-9(10)12/h4-7H,3,12H2,1-2H3/t7-/m1/s1. The van der Waals surface area contributed by atoms with Gasteiger partial charge in [0.2, 0.25) is 0 Å². The van der Waals surface area contributed by atoms with E-state index in [-0.39, 0.29) is 6.10 Å². The van der Waals surface area contributed by atoms with E-state index in [4.69, 9.17) is 22.1 Å². The minimum atomic E-state index is 0.141. The van der Waals surface area contributed by atoms with Gasteiger partial charge >= 0.3 is 0 Å². The van der Waals surface area contributed by atoms with Crippen LogP contribution in [0.3, 0.4) is 0 Å². The molecule has 0 aliphatic rings. The Labute approximate surface area is 83.6 Å². The third-order valence-corrected chi connectivity index (χ3v) is 2.19. The molecule has 2 nitrogen and oxygen atoms in total. The highest BCUT2D eigenvalue weighted by Gasteiger charge is 2.08. The van der Waals surface area contributed by atoms with Gasteiger partial charge in [-0.1, -0.05) is 24.6 Å². The maximum atomic E-state index is 5.93.